The second-order valence-electron chi connectivity index (χ2n) is 2.91. The SMILES string of the molecule is CCOCC(C)Oc1cc(Cl)nnc1Cl. The number of hydrogen-bond donors (Lipinski definition) is 0. The Hall–Kier alpha value is -0.580. The number of hydrogen-bond acceptors (Lipinski definition) is 4. The van der Waals surface area contributed by atoms with Gasteiger partial charge in [0.25, 0.3) is 0 Å². The molecular formula is C9H12Cl2N2O2. The van der Waals surface area contributed by atoms with Crippen LogP contribution in [0.25, 0.3) is 0 Å². The van der Waals surface area contributed by atoms with Crippen LogP contribution in [0.15, 0.2) is 6.07 Å². The number of rotatable bonds is 5. The molecule has 0 N–H and O–H groups in total. The summed E-state index contributed by atoms with van der Waals surface area (Å²) < 4.78 is 10.7. The van der Waals surface area contributed by atoms with Crippen molar-refractivity contribution in [1.82, 2.24) is 10.2 Å². The number of aromatic nitrogens is 2. The first-order valence-corrected chi connectivity index (χ1v) is 5.32. The van der Waals surface area contributed by atoms with Crippen LogP contribution in [-0.4, -0.2) is 29.5 Å². The van der Waals surface area contributed by atoms with Crippen LogP contribution in [0.4, 0.5) is 0 Å². The highest BCUT2D eigenvalue weighted by molar-refractivity contribution is 6.32. The minimum Gasteiger partial charge on any atom is -0.485 e. The maximum Gasteiger partial charge on any atom is 0.193 e. The molecule has 0 fully saturated rings. The van der Waals surface area contributed by atoms with Gasteiger partial charge in [0.15, 0.2) is 16.1 Å². The molecule has 1 heterocycles. The summed E-state index contributed by atoms with van der Waals surface area (Å²) in [5.74, 6) is 0.420. The Labute approximate surface area is 98.5 Å². The third-order valence-electron chi connectivity index (χ3n) is 1.57. The molecule has 1 rings (SSSR count). The van der Waals surface area contributed by atoms with Crippen LogP contribution in [-0.2, 0) is 4.74 Å². The Balaban J connectivity index is 2.59. The van der Waals surface area contributed by atoms with Gasteiger partial charge >= 0.3 is 0 Å². The first-order chi connectivity index (χ1) is 7.13. The molecule has 0 saturated carbocycles. The number of ether oxygens (including phenoxy) is 2. The van der Waals surface area contributed by atoms with E-state index in [2.05, 4.69) is 10.2 Å². The molecule has 84 valence electrons. The lowest BCUT2D eigenvalue weighted by Gasteiger charge is -2.14. The van der Waals surface area contributed by atoms with Gasteiger partial charge in [0.1, 0.15) is 6.10 Å². The minimum atomic E-state index is -0.109. The maximum absolute atomic E-state index is 5.78. The van der Waals surface area contributed by atoms with Gasteiger partial charge in [-0.2, -0.15) is 0 Å². The van der Waals surface area contributed by atoms with E-state index in [9.17, 15) is 0 Å². The van der Waals surface area contributed by atoms with Crippen molar-refractivity contribution < 1.29 is 9.47 Å². The van der Waals surface area contributed by atoms with Crippen molar-refractivity contribution in [2.45, 2.75) is 20.0 Å². The third kappa shape index (κ3) is 4.20. The van der Waals surface area contributed by atoms with Gasteiger partial charge in [-0.15, -0.1) is 10.2 Å². The van der Waals surface area contributed by atoms with Crippen LogP contribution in [0, 0.1) is 0 Å². The summed E-state index contributed by atoms with van der Waals surface area (Å²) in [6.07, 6.45) is -0.109. The first-order valence-electron chi connectivity index (χ1n) is 4.56. The zero-order chi connectivity index (χ0) is 11.3. The van der Waals surface area contributed by atoms with Gasteiger partial charge < -0.3 is 9.47 Å². The van der Waals surface area contributed by atoms with Crippen LogP contribution in [0.2, 0.25) is 10.3 Å². The lowest BCUT2D eigenvalue weighted by atomic mass is 10.4. The van der Waals surface area contributed by atoms with Gasteiger partial charge in [-0.05, 0) is 13.8 Å². The summed E-state index contributed by atoms with van der Waals surface area (Å²) >= 11 is 11.4. The van der Waals surface area contributed by atoms with E-state index >= 15 is 0 Å². The second-order valence-corrected chi connectivity index (χ2v) is 3.66. The van der Waals surface area contributed by atoms with Gasteiger partial charge in [-0.25, -0.2) is 0 Å². The number of halogens is 2. The van der Waals surface area contributed by atoms with E-state index in [0.29, 0.717) is 19.0 Å². The van der Waals surface area contributed by atoms with Crippen molar-refractivity contribution >= 4 is 23.2 Å². The standard InChI is InChI=1S/C9H12Cl2N2O2/c1-3-14-5-6(2)15-7-4-8(10)12-13-9(7)11/h4,6H,3,5H2,1-2H3. The fraction of sp³-hybridized carbons (Fsp3) is 0.556. The normalized spacial score (nSPS) is 12.5. The molecule has 6 heteroatoms. The summed E-state index contributed by atoms with van der Waals surface area (Å²) in [5.41, 5.74) is 0. The van der Waals surface area contributed by atoms with E-state index in [0.717, 1.165) is 0 Å². The molecule has 0 aliphatic rings. The highest BCUT2D eigenvalue weighted by atomic mass is 35.5. The van der Waals surface area contributed by atoms with Crippen molar-refractivity contribution in [3.8, 4) is 5.75 Å². The predicted octanol–water partition coefficient (Wildman–Crippen LogP) is 2.59. The number of nitrogens with zero attached hydrogens (tertiary/aromatic N) is 2. The molecule has 15 heavy (non-hydrogen) atoms. The van der Waals surface area contributed by atoms with Crippen LogP contribution in [0.1, 0.15) is 13.8 Å². The van der Waals surface area contributed by atoms with E-state index in [1.165, 1.54) is 6.07 Å². The molecular weight excluding hydrogens is 239 g/mol. The average Bonchev–Trinajstić information content (AvgIpc) is 2.20. The zero-order valence-corrected chi connectivity index (χ0v) is 10.0. The predicted molar refractivity (Wildman–Crippen MR) is 58.6 cm³/mol. The van der Waals surface area contributed by atoms with E-state index in [4.69, 9.17) is 32.7 Å². The molecule has 4 nitrogen and oxygen atoms in total. The lowest BCUT2D eigenvalue weighted by molar-refractivity contribution is 0.0655. The Morgan fingerprint density at radius 1 is 1.40 bits per heavy atom. The van der Waals surface area contributed by atoms with Crippen LogP contribution in [0.3, 0.4) is 0 Å². The van der Waals surface area contributed by atoms with Crippen LogP contribution in [0.5, 0.6) is 5.75 Å². The fourth-order valence-corrected chi connectivity index (χ4v) is 1.23. The monoisotopic (exact) mass is 250 g/mol. The summed E-state index contributed by atoms with van der Waals surface area (Å²) in [5, 5.41) is 7.66. The van der Waals surface area contributed by atoms with Gasteiger partial charge in [-0.3, -0.25) is 0 Å². The van der Waals surface area contributed by atoms with Gasteiger partial charge in [0.05, 0.1) is 6.61 Å². The van der Waals surface area contributed by atoms with E-state index in [1.807, 2.05) is 13.8 Å². The Morgan fingerprint density at radius 3 is 2.80 bits per heavy atom. The highest BCUT2D eigenvalue weighted by Gasteiger charge is 2.09. The van der Waals surface area contributed by atoms with Crippen LogP contribution >= 0.6 is 23.2 Å². The van der Waals surface area contributed by atoms with Crippen molar-refractivity contribution in [2.75, 3.05) is 13.2 Å². The molecule has 0 aliphatic heterocycles. The van der Waals surface area contributed by atoms with Crippen molar-refractivity contribution in [3.63, 3.8) is 0 Å². The summed E-state index contributed by atoms with van der Waals surface area (Å²) in [6.45, 7) is 4.94. The van der Waals surface area contributed by atoms with E-state index in [-0.39, 0.29) is 16.4 Å². The van der Waals surface area contributed by atoms with Gasteiger partial charge in [0, 0.05) is 12.7 Å². The largest absolute Gasteiger partial charge is 0.485 e. The smallest absolute Gasteiger partial charge is 0.193 e. The summed E-state index contributed by atoms with van der Waals surface area (Å²) in [7, 11) is 0. The molecule has 1 atom stereocenters. The quantitative estimate of drug-likeness (QED) is 0.806. The molecule has 0 amide bonds. The lowest BCUT2D eigenvalue weighted by Crippen LogP contribution is -2.19. The first kappa shape index (κ1) is 12.5. The molecule has 0 saturated heterocycles. The van der Waals surface area contributed by atoms with Gasteiger partial charge in [0.2, 0.25) is 0 Å². The van der Waals surface area contributed by atoms with Crippen molar-refractivity contribution in [2.24, 2.45) is 0 Å². The molecule has 0 aromatic carbocycles. The third-order valence-corrected chi connectivity index (χ3v) is 2.02. The second kappa shape index (κ2) is 6.10. The van der Waals surface area contributed by atoms with Gasteiger partial charge in [-0.1, -0.05) is 23.2 Å². The Kier molecular flexibility index (Phi) is 5.08. The van der Waals surface area contributed by atoms with E-state index < -0.39 is 0 Å². The van der Waals surface area contributed by atoms with Crippen molar-refractivity contribution in [1.29, 1.82) is 0 Å². The fourth-order valence-electron chi connectivity index (χ4n) is 0.955. The molecule has 1 aromatic heterocycles. The summed E-state index contributed by atoms with van der Waals surface area (Å²) in [4.78, 5) is 0. The van der Waals surface area contributed by atoms with E-state index in [1.54, 1.807) is 0 Å². The molecule has 1 aromatic rings. The highest BCUT2D eigenvalue weighted by Crippen LogP contribution is 2.24. The Morgan fingerprint density at radius 2 is 2.13 bits per heavy atom. The summed E-state index contributed by atoms with van der Waals surface area (Å²) in [6, 6.07) is 1.53. The average molecular weight is 251 g/mol. The molecule has 0 aliphatic carbocycles. The Bertz CT molecular complexity index is 323. The molecule has 0 radical (unpaired) electrons. The minimum absolute atomic E-state index is 0.109. The molecule has 0 bridgehead atoms. The zero-order valence-electron chi connectivity index (χ0n) is 8.54. The molecule has 1 unspecified atom stereocenters. The van der Waals surface area contributed by atoms with Crippen LogP contribution < -0.4 is 4.74 Å². The topological polar surface area (TPSA) is 44.2 Å². The molecule has 0 spiro atoms. The van der Waals surface area contributed by atoms with Crippen molar-refractivity contribution in [3.05, 3.63) is 16.4 Å². The maximum atomic E-state index is 5.78.